The van der Waals surface area contributed by atoms with Crippen molar-refractivity contribution >= 4 is 30.2 Å². The molecule has 0 radical (unpaired) electrons. The highest BCUT2D eigenvalue weighted by Gasteiger charge is 2.30. The van der Waals surface area contributed by atoms with Gasteiger partial charge in [0.05, 0.1) is 12.6 Å². The zero-order valence-corrected chi connectivity index (χ0v) is 17.2. The molecule has 1 fully saturated rings. The molecular formula is C22H24F2N4O3. The molecule has 1 aliphatic rings. The maximum absolute atomic E-state index is 13.9. The molecule has 1 saturated heterocycles. The summed E-state index contributed by atoms with van der Waals surface area (Å²) in [6, 6.07) is 1.55. The van der Waals surface area contributed by atoms with Crippen molar-refractivity contribution in [1.82, 2.24) is 14.9 Å². The van der Waals surface area contributed by atoms with Crippen LogP contribution in [0.5, 0.6) is 0 Å². The molecule has 2 aromatic rings. The lowest BCUT2D eigenvalue weighted by atomic mass is 10.0. The summed E-state index contributed by atoms with van der Waals surface area (Å²) < 4.78 is 33.0. The van der Waals surface area contributed by atoms with Crippen LogP contribution < -0.4 is 5.32 Å². The quantitative estimate of drug-likeness (QED) is 0.509. The summed E-state index contributed by atoms with van der Waals surface area (Å²) >= 11 is 0. The molecule has 0 aliphatic carbocycles. The third-order valence-corrected chi connectivity index (χ3v) is 4.97. The van der Waals surface area contributed by atoms with E-state index < -0.39 is 18.8 Å². The number of halogens is 2. The molecule has 0 aromatic carbocycles. The van der Waals surface area contributed by atoms with Gasteiger partial charge >= 0.3 is 0 Å². The highest BCUT2D eigenvalue weighted by Crippen LogP contribution is 2.27. The first-order valence-electron chi connectivity index (χ1n) is 9.94. The zero-order chi connectivity index (χ0) is 22.3. The van der Waals surface area contributed by atoms with Gasteiger partial charge < -0.3 is 19.4 Å². The Bertz CT molecular complexity index is 961. The van der Waals surface area contributed by atoms with Crippen molar-refractivity contribution in [2.75, 3.05) is 25.5 Å². The molecule has 9 heteroatoms. The van der Waals surface area contributed by atoms with Gasteiger partial charge in [-0.15, -0.1) is 0 Å². The summed E-state index contributed by atoms with van der Waals surface area (Å²) in [4.78, 5) is 32.9. The number of piperidine rings is 1. The van der Waals surface area contributed by atoms with Crippen LogP contribution in [-0.2, 0) is 16.0 Å². The number of nitrogens with one attached hydrogen (secondary N) is 1. The zero-order valence-electron chi connectivity index (χ0n) is 17.2. The smallest absolute Gasteiger partial charge is 0.258 e. The summed E-state index contributed by atoms with van der Waals surface area (Å²) in [5, 5.41) is 2.78. The fourth-order valence-corrected chi connectivity index (χ4v) is 3.36. The molecule has 3 rings (SSSR count). The summed E-state index contributed by atoms with van der Waals surface area (Å²) in [6.07, 6.45) is 9.70. The minimum atomic E-state index is -3.16. The number of pyridine rings is 1. The molecule has 0 atom stereocenters. The van der Waals surface area contributed by atoms with Crippen molar-refractivity contribution in [2.24, 2.45) is 0 Å². The van der Waals surface area contributed by atoms with Gasteiger partial charge in [-0.2, -0.15) is 0 Å². The number of carbonyl (C=O) groups excluding carboxylic acids is 2. The molecule has 31 heavy (non-hydrogen) atoms. The SMILES string of the molecule is CNc1ncc(/C=C/C(=O)N2CCC(=Cc3ncco3)CC2)cc1CC(F)(F)CC=O. The molecule has 0 saturated carbocycles. The van der Waals surface area contributed by atoms with Crippen LogP contribution in [0, 0.1) is 0 Å². The Balaban J connectivity index is 1.62. The van der Waals surface area contributed by atoms with Crippen molar-refractivity contribution in [3.05, 3.63) is 53.4 Å². The highest BCUT2D eigenvalue weighted by molar-refractivity contribution is 5.92. The lowest BCUT2D eigenvalue weighted by Crippen LogP contribution is -2.35. The third-order valence-electron chi connectivity index (χ3n) is 4.97. The molecule has 2 aromatic heterocycles. The number of hydrogen-bond acceptors (Lipinski definition) is 6. The second-order valence-corrected chi connectivity index (χ2v) is 7.26. The van der Waals surface area contributed by atoms with Gasteiger partial charge in [-0.1, -0.05) is 5.57 Å². The second kappa shape index (κ2) is 10.1. The first-order valence-corrected chi connectivity index (χ1v) is 9.94. The van der Waals surface area contributed by atoms with Gasteiger partial charge in [0.2, 0.25) is 11.8 Å². The molecule has 0 spiro atoms. The number of amides is 1. The van der Waals surface area contributed by atoms with E-state index in [9.17, 15) is 18.4 Å². The fourth-order valence-electron chi connectivity index (χ4n) is 3.36. The minimum Gasteiger partial charge on any atom is -0.445 e. The van der Waals surface area contributed by atoms with Gasteiger partial charge in [-0.05, 0) is 36.6 Å². The fraction of sp³-hybridized carbons (Fsp3) is 0.364. The highest BCUT2D eigenvalue weighted by atomic mass is 19.3. The van der Waals surface area contributed by atoms with Crippen LogP contribution in [0.3, 0.4) is 0 Å². The number of alkyl halides is 2. The summed E-state index contributed by atoms with van der Waals surface area (Å²) in [5.74, 6) is -2.44. The van der Waals surface area contributed by atoms with Crippen LogP contribution in [0.15, 0.2) is 40.8 Å². The van der Waals surface area contributed by atoms with Gasteiger partial charge in [0.1, 0.15) is 18.4 Å². The average molecular weight is 430 g/mol. The van der Waals surface area contributed by atoms with E-state index >= 15 is 0 Å². The number of aromatic nitrogens is 2. The molecule has 0 unspecified atom stereocenters. The molecular weight excluding hydrogens is 406 g/mol. The Morgan fingerprint density at radius 2 is 2.10 bits per heavy atom. The van der Waals surface area contributed by atoms with Crippen molar-refractivity contribution in [3.8, 4) is 0 Å². The number of anilines is 1. The van der Waals surface area contributed by atoms with Crippen LogP contribution in [0.2, 0.25) is 0 Å². The van der Waals surface area contributed by atoms with Gasteiger partial charge in [0, 0.05) is 44.4 Å². The molecule has 164 valence electrons. The van der Waals surface area contributed by atoms with E-state index in [-0.39, 0.29) is 17.8 Å². The number of nitrogens with zero attached hydrogens (tertiary/aromatic N) is 3. The van der Waals surface area contributed by atoms with Gasteiger partial charge in [-0.25, -0.2) is 18.7 Å². The topological polar surface area (TPSA) is 88.3 Å². The van der Waals surface area contributed by atoms with E-state index in [1.54, 1.807) is 30.3 Å². The van der Waals surface area contributed by atoms with Gasteiger partial charge in [-0.3, -0.25) is 4.79 Å². The second-order valence-electron chi connectivity index (χ2n) is 7.26. The van der Waals surface area contributed by atoms with Crippen molar-refractivity contribution in [1.29, 1.82) is 0 Å². The lowest BCUT2D eigenvalue weighted by Gasteiger charge is -2.27. The first kappa shape index (κ1) is 22.3. The van der Waals surface area contributed by atoms with E-state index in [0.717, 1.165) is 12.8 Å². The van der Waals surface area contributed by atoms with Crippen molar-refractivity contribution in [2.45, 2.75) is 31.6 Å². The predicted octanol–water partition coefficient (Wildman–Crippen LogP) is 3.60. The normalized spacial score (nSPS) is 14.7. The summed E-state index contributed by atoms with van der Waals surface area (Å²) in [5.41, 5.74) is 1.98. The maximum atomic E-state index is 13.9. The third kappa shape index (κ3) is 6.31. The van der Waals surface area contributed by atoms with E-state index in [0.29, 0.717) is 30.4 Å². The van der Waals surface area contributed by atoms with Crippen molar-refractivity contribution < 1.29 is 22.8 Å². The number of carbonyl (C=O) groups is 2. The minimum absolute atomic E-state index is 0.152. The number of oxazole rings is 1. The van der Waals surface area contributed by atoms with Crippen LogP contribution in [0.25, 0.3) is 12.2 Å². The molecule has 1 aliphatic heterocycles. The molecule has 7 nitrogen and oxygen atoms in total. The van der Waals surface area contributed by atoms with Gasteiger partial charge in [0.15, 0.2) is 0 Å². The standard InChI is InChI=1S/C22H24F2N4O3/c1-25-21-18(14-22(23,24)6-10-29)12-17(15-27-21)2-3-20(30)28-8-4-16(5-9-28)13-19-26-7-11-31-19/h2-3,7,10-13,15H,4-6,8-9,14H2,1H3,(H,25,27)/b3-2+. The van der Waals surface area contributed by atoms with Crippen LogP contribution in [-0.4, -0.2) is 53.1 Å². The summed E-state index contributed by atoms with van der Waals surface area (Å²) in [7, 11) is 1.59. The average Bonchev–Trinajstić information content (AvgIpc) is 3.25. The molecule has 3 heterocycles. The monoisotopic (exact) mass is 430 g/mol. The van der Waals surface area contributed by atoms with Crippen LogP contribution >= 0.6 is 0 Å². The Labute approximate surface area is 178 Å². The molecule has 0 bridgehead atoms. The van der Waals surface area contributed by atoms with Crippen LogP contribution in [0.4, 0.5) is 14.6 Å². The molecule has 1 N–H and O–H groups in total. The van der Waals surface area contributed by atoms with E-state index in [2.05, 4.69) is 15.3 Å². The van der Waals surface area contributed by atoms with Crippen LogP contribution in [0.1, 0.15) is 36.3 Å². The number of likely N-dealkylation sites (tertiary alicyclic amines) is 1. The number of aldehydes is 1. The van der Waals surface area contributed by atoms with E-state index in [4.69, 9.17) is 4.42 Å². The van der Waals surface area contributed by atoms with Crippen molar-refractivity contribution in [3.63, 3.8) is 0 Å². The van der Waals surface area contributed by atoms with Gasteiger partial charge in [0.25, 0.3) is 5.92 Å². The van der Waals surface area contributed by atoms with E-state index in [1.807, 2.05) is 6.08 Å². The predicted molar refractivity (Wildman–Crippen MR) is 112 cm³/mol. The summed E-state index contributed by atoms with van der Waals surface area (Å²) in [6.45, 7) is 1.16. The largest absolute Gasteiger partial charge is 0.445 e. The Hall–Kier alpha value is -3.36. The van der Waals surface area contributed by atoms with E-state index in [1.165, 1.54) is 24.1 Å². The Morgan fingerprint density at radius 1 is 1.32 bits per heavy atom. The first-order chi connectivity index (χ1) is 14.9. The number of rotatable bonds is 8. The molecule has 1 amide bonds. The Kier molecular flexibility index (Phi) is 7.28. The Morgan fingerprint density at radius 3 is 2.74 bits per heavy atom. The number of hydrogen-bond donors (Lipinski definition) is 1. The maximum Gasteiger partial charge on any atom is 0.258 e. The lowest BCUT2D eigenvalue weighted by molar-refractivity contribution is -0.126.